The summed E-state index contributed by atoms with van der Waals surface area (Å²) in [5, 5.41) is 11.2. The summed E-state index contributed by atoms with van der Waals surface area (Å²) in [6.07, 6.45) is 0.289. The van der Waals surface area contributed by atoms with Crippen molar-refractivity contribution >= 4 is 35.1 Å². The lowest BCUT2D eigenvalue weighted by Gasteiger charge is -2.28. The number of hydrogen-bond acceptors (Lipinski definition) is 7. The second-order valence-corrected chi connectivity index (χ2v) is 9.05. The van der Waals surface area contributed by atoms with Crippen LogP contribution in [-0.4, -0.2) is 34.5 Å². The number of rotatable bonds is 4. The maximum atomic E-state index is 12.8. The van der Waals surface area contributed by atoms with Crippen molar-refractivity contribution in [3.05, 3.63) is 74.8 Å². The van der Waals surface area contributed by atoms with Gasteiger partial charge in [-0.05, 0) is 63.8 Å². The molecule has 2 aromatic carbocycles. The van der Waals surface area contributed by atoms with Crippen molar-refractivity contribution in [2.24, 2.45) is 5.73 Å². The van der Waals surface area contributed by atoms with Gasteiger partial charge in [0.05, 0.1) is 10.5 Å². The van der Waals surface area contributed by atoms with Gasteiger partial charge in [0.15, 0.2) is 11.9 Å². The van der Waals surface area contributed by atoms with Gasteiger partial charge in [-0.3, -0.25) is 14.9 Å². The first-order valence-corrected chi connectivity index (χ1v) is 11.0. The van der Waals surface area contributed by atoms with Crippen molar-refractivity contribution in [1.29, 1.82) is 0 Å². The van der Waals surface area contributed by atoms with Crippen LogP contribution in [0.3, 0.4) is 0 Å². The average molecular weight is 491 g/mol. The van der Waals surface area contributed by atoms with Crippen LogP contribution in [0.4, 0.5) is 10.5 Å². The van der Waals surface area contributed by atoms with Crippen molar-refractivity contribution in [1.82, 2.24) is 0 Å². The molecular weight excluding hydrogens is 464 g/mol. The third-order valence-electron chi connectivity index (χ3n) is 4.87. The highest BCUT2D eigenvalue weighted by Gasteiger charge is 2.35. The van der Waals surface area contributed by atoms with Gasteiger partial charge in [0.1, 0.15) is 5.60 Å². The molecule has 1 amide bonds. The fraction of sp³-hybridized carbons (Fsp3) is 0.375. The number of non-ortho nitro benzene ring substituents is 1. The van der Waals surface area contributed by atoms with Crippen LogP contribution in [-0.2, 0) is 14.3 Å². The lowest BCUT2D eigenvalue weighted by molar-refractivity contribution is -0.384. The zero-order chi connectivity index (χ0) is 25.5. The number of ketones is 1. The van der Waals surface area contributed by atoms with Crippen LogP contribution in [0.15, 0.2) is 48.5 Å². The molecule has 1 aliphatic carbocycles. The van der Waals surface area contributed by atoms with E-state index in [1.807, 2.05) is 12.1 Å². The summed E-state index contributed by atoms with van der Waals surface area (Å²) >= 11 is 6.20. The van der Waals surface area contributed by atoms with Crippen molar-refractivity contribution in [2.45, 2.75) is 57.7 Å². The molecule has 3 rings (SSSR count). The van der Waals surface area contributed by atoms with Gasteiger partial charge < -0.3 is 15.2 Å². The fourth-order valence-corrected chi connectivity index (χ4v) is 3.69. The zero-order valence-electron chi connectivity index (χ0n) is 19.2. The molecule has 10 heteroatoms. The van der Waals surface area contributed by atoms with E-state index in [0.717, 1.165) is 12.0 Å². The topological polar surface area (TPSA) is 139 Å². The summed E-state index contributed by atoms with van der Waals surface area (Å²) in [4.78, 5) is 45.2. The molecule has 2 aromatic rings. The standard InChI is InChI=1S/C19H16ClNO5.C5H11NO2/c20-16-6-2-1-4-14(16)15-5-3-7-17(18(15)22)26-19(23)12-8-10-13(11-9-12)21(24)25;1-5(2,3)8-4(6)7/h1-2,4,6,8-11,15,17H,3,5,7H2;1-3H3,(H2,6,7). The van der Waals surface area contributed by atoms with E-state index in [2.05, 4.69) is 4.74 Å². The second kappa shape index (κ2) is 11.6. The first-order chi connectivity index (χ1) is 15.9. The summed E-state index contributed by atoms with van der Waals surface area (Å²) in [5.74, 6) is -1.23. The minimum absolute atomic E-state index is 0.117. The number of Topliss-reactive ketones (excluding diaryl/α,β-unsaturated/α-hetero) is 1. The van der Waals surface area contributed by atoms with Gasteiger partial charge in [0.2, 0.25) is 0 Å². The number of nitrogens with zero attached hydrogens (tertiary/aromatic N) is 1. The number of carbonyl (C=O) groups excluding carboxylic acids is 3. The highest BCUT2D eigenvalue weighted by molar-refractivity contribution is 6.31. The molecule has 34 heavy (non-hydrogen) atoms. The Balaban J connectivity index is 0.000000440. The molecule has 1 saturated carbocycles. The Labute approximate surface area is 202 Å². The number of carbonyl (C=O) groups is 3. The molecule has 0 radical (unpaired) electrons. The summed E-state index contributed by atoms with van der Waals surface area (Å²) in [7, 11) is 0. The largest absolute Gasteiger partial charge is 0.451 e. The Morgan fingerprint density at radius 2 is 1.71 bits per heavy atom. The van der Waals surface area contributed by atoms with Gasteiger partial charge in [0.25, 0.3) is 5.69 Å². The summed E-state index contributed by atoms with van der Waals surface area (Å²) in [6, 6.07) is 12.3. The third-order valence-corrected chi connectivity index (χ3v) is 5.21. The maximum Gasteiger partial charge on any atom is 0.405 e. The molecule has 1 aliphatic rings. The molecule has 0 spiro atoms. The Morgan fingerprint density at radius 3 is 2.21 bits per heavy atom. The molecule has 0 aliphatic heterocycles. The van der Waals surface area contributed by atoms with Crippen molar-refractivity contribution in [3.8, 4) is 0 Å². The predicted octanol–water partition coefficient (Wildman–Crippen LogP) is 5.19. The molecule has 0 heterocycles. The highest BCUT2D eigenvalue weighted by Crippen LogP contribution is 2.35. The highest BCUT2D eigenvalue weighted by atomic mass is 35.5. The monoisotopic (exact) mass is 490 g/mol. The molecule has 1 fully saturated rings. The fourth-order valence-electron chi connectivity index (χ4n) is 3.42. The molecule has 0 saturated heterocycles. The number of nitrogens with two attached hydrogens (primary N) is 1. The van der Waals surface area contributed by atoms with Gasteiger partial charge in [-0.15, -0.1) is 0 Å². The van der Waals surface area contributed by atoms with E-state index in [4.69, 9.17) is 22.1 Å². The number of halogens is 1. The van der Waals surface area contributed by atoms with E-state index in [0.29, 0.717) is 17.9 Å². The minimum atomic E-state index is -0.840. The molecule has 0 aromatic heterocycles. The van der Waals surface area contributed by atoms with Gasteiger partial charge in [-0.2, -0.15) is 0 Å². The zero-order valence-corrected chi connectivity index (χ0v) is 19.9. The number of amides is 1. The molecule has 2 N–H and O–H groups in total. The minimum Gasteiger partial charge on any atom is -0.451 e. The van der Waals surface area contributed by atoms with E-state index >= 15 is 0 Å². The van der Waals surface area contributed by atoms with Crippen LogP contribution in [0.25, 0.3) is 0 Å². The SMILES string of the molecule is CC(C)(C)OC(N)=O.O=C(OC1CCCC(c2ccccc2Cl)C1=O)c1ccc([N+](=O)[O-])cc1. The predicted molar refractivity (Wildman–Crippen MR) is 126 cm³/mol. The van der Waals surface area contributed by atoms with Crippen LogP contribution in [0.2, 0.25) is 5.02 Å². The molecule has 182 valence electrons. The van der Waals surface area contributed by atoms with Crippen LogP contribution < -0.4 is 5.73 Å². The molecule has 2 unspecified atom stereocenters. The van der Waals surface area contributed by atoms with E-state index in [1.165, 1.54) is 24.3 Å². The summed E-state index contributed by atoms with van der Waals surface area (Å²) in [5.41, 5.74) is 5.06. The van der Waals surface area contributed by atoms with E-state index in [9.17, 15) is 24.5 Å². The lowest BCUT2D eigenvalue weighted by Crippen LogP contribution is -2.35. The maximum absolute atomic E-state index is 12.8. The van der Waals surface area contributed by atoms with Gasteiger partial charge in [-0.25, -0.2) is 9.59 Å². The molecule has 9 nitrogen and oxygen atoms in total. The van der Waals surface area contributed by atoms with Crippen molar-refractivity contribution in [3.63, 3.8) is 0 Å². The normalized spacial score (nSPS) is 17.7. The Hall–Kier alpha value is -3.46. The molecular formula is C24H27ClN2O7. The number of nitro benzene ring substituents is 1. The Bertz CT molecular complexity index is 1050. The second-order valence-electron chi connectivity index (χ2n) is 8.64. The van der Waals surface area contributed by atoms with Gasteiger partial charge in [0, 0.05) is 23.1 Å². The van der Waals surface area contributed by atoms with E-state index in [-0.39, 0.29) is 17.0 Å². The lowest BCUT2D eigenvalue weighted by atomic mass is 9.81. The third kappa shape index (κ3) is 7.84. The van der Waals surface area contributed by atoms with Crippen LogP contribution >= 0.6 is 11.6 Å². The number of ether oxygens (including phenoxy) is 2. The van der Waals surface area contributed by atoms with Gasteiger partial charge in [-0.1, -0.05) is 29.8 Å². The van der Waals surface area contributed by atoms with Crippen LogP contribution in [0.1, 0.15) is 61.9 Å². The number of primary amides is 1. The van der Waals surface area contributed by atoms with E-state index in [1.54, 1.807) is 32.9 Å². The average Bonchev–Trinajstić information content (AvgIpc) is 2.74. The van der Waals surface area contributed by atoms with Crippen molar-refractivity contribution < 1.29 is 28.8 Å². The van der Waals surface area contributed by atoms with Gasteiger partial charge >= 0.3 is 12.1 Å². The molecule has 2 atom stereocenters. The van der Waals surface area contributed by atoms with Crippen molar-refractivity contribution in [2.75, 3.05) is 0 Å². The first kappa shape index (κ1) is 26.8. The number of esters is 1. The number of benzene rings is 2. The smallest absolute Gasteiger partial charge is 0.405 e. The van der Waals surface area contributed by atoms with Crippen LogP contribution in [0, 0.1) is 10.1 Å². The summed E-state index contributed by atoms with van der Waals surface area (Å²) < 4.78 is 9.96. The molecule has 0 bridgehead atoms. The number of hydrogen-bond donors (Lipinski definition) is 1. The quantitative estimate of drug-likeness (QED) is 0.353. The Morgan fingerprint density at radius 1 is 1.09 bits per heavy atom. The van der Waals surface area contributed by atoms with E-state index < -0.39 is 34.6 Å². The summed E-state index contributed by atoms with van der Waals surface area (Å²) in [6.45, 7) is 5.28. The first-order valence-electron chi connectivity index (χ1n) is 10.6. The van der Waals surface area contributed by atoms with Crippen LogP contribution in [0.5, 0.6) is 0 Å². The Kier molecular flexibility index (Phi) is 9.14. The number of nitro groups is 1.